The third-order valence-electron chi connectivity index (χ3n) is 3.07. The van der Waals surface area contributed by atoms with Crippen LogP contribution in [0.4, 0.5) is 4.39 Å². The molecule has 19 heavy (non-hydrogen) atoms. The first-order valence-corrected chi connectivity index (χ1v) is 6.43. The van der Waals surface area contributed by atoms with Gasteiger partial charge in [-0.3, -0.25) is 4.79 Å². The topological polar surface area (TPSA) is 58.6 Å². The number of halogens is 1. The third-order valence-corrected chi connectivity index (χ3v) is 3.07. The second kappa shape index (κ2) is 6.02. The van der Waals surface area contributed by atoms with E-state index in [2.05, 4.69) is 5.32 Å². The van der Waals surface area contributed by atoms with Gasteiger partial charge in [-0.1, -0.05) is 0 Å². The number of aliphatic hydroxyl groups excluding tert-OH is 1. The van der Waals surface area contributed by atoms with Crippen molar-refractivity contribution >= 4 is 5.91 Å². The van der Waals surface area contributed by atoms with Crippen LogP contribution < -0.4 is 10.1 Å². The maximum atomic E-state index is 13.1. The van der Waals surface area contributed by atoms with Crippen molar-refractivity contribution in [3.8, 4) is 5.75 Å². The van der Waals surface area contributed by atoms with Gasteiger partial charge in [-0.15, -0.1) is 0 Å². The van der Waals surface area contributed by atoms with Crippen LogP contribution in [0.5, 0.6) is 5.75 Å². The number of hydrogen-bond donors (Lipinski definition) is 2. The first-order valence-electron chi connectivity index (χ1n) is 6.43. The molecule has 2 rings (SSSR count). The van der Waals surface area contributed by atoms with Crippen molar-refractivity contribution in [2.24, 2.45) is 5.92 Å². The van der Waals surface area contributed by atoms with Crippen LogP contribution in [0.15, 0.2) is 18.2 Å². The van der Waals surface area contributed by atoms with E-state index in [1.807, 2.05) is 0 Å². The van der Waals surface area contributed by atoms with E-state index in [9.17, 15) is 14.3 Å². The van der Waals surface area contributed by atoms with Crippen LogP contribution in [0.2, 0.25) is 0 Å². The lowest BCUT2D eigenvalue weighted by Gasteiger charge is -2.13. The smallest absolute Gasteiger partial charge is 0.257 e. The lowest BCUT2D eigenvalue weighted by Crippen LogP contribution is -2.30. The Hall–Kier alpha value is -1.62. The number of carbonyl (C=O) groups is 1. The number of amides is 1. The van der Waals surface area contributed by atoms with E-state index in [1.54, 1.807) is 0 Å². The number of rotatable bonds is 6. The molecule has 1 atom stereocenters. The monoisotopic (exact) mass is 267 g/mol. The van der Waals surface area contributed by atoms with Crippen molar-refractivity contribution in [2.75, 3.05) is 13.2 Å². The average Bonchev–Trinajstić information content (AvgIpc) is 3.18. The van der Waals surface area contributed by atoms with Gasteiger partial charge in [-0.2, -0.15) is 0 Å². The summed E-state index contributed by atoms with van der Waals surface area (Å²) in [6.45, 7) is 2.09. The molecule has 1 aromatic carbocycles. The molecular weight excluding hydrogens is 249 g/mol. The molecule has 0 aromatic heterocycles. The second-order valence-electron chi connectivity index (χ2n) is 4.89. The molecule has 0 saturated heterocycles. The summed E-state index contributed by atoms with van der Waals surface area (Å²) < 4.78 is 18.4. The highest BCUT2D eigenvalue weighted by molar-refractivity contribution is 5.77. The number of aliphatic hydroxyl groups is 1. The summed E-state index contributed by atoms with van der Waals surface area (Å²) in [5.41, 5.74) is 0.343. The quantitative estimate of drug-likeness (QED) is 0.826. The van der Waals surface area contributed by atoms with Gasteiger partial charge in [-0.25, -0.2) is 4.39 Å². The van der Waals surface area contributed by atoms with Gasteiger partial charge in [0.25, 0.3) is 5.91 Å². The predicted molar refractivity (Wildman–Crippen MR) is 68.3 cm³/mol. The molecule has 1 saturated carbocycles. The zero-order valence-corrected chi connectivity index (χ0v) is 10.9. The van der Waals surface area contributed by atoms with Crippen LogP contribution in [-0.2, 0) is 4.79 Å². The minimum atomic E-state index is -0.847. The SMILES string of the molecule is C[C@@H](O)c1cc(F)ccc1OCC(=O)NCC1CC1. The molecule has 104 valence electrons. The Bertz CT molecular complexity index is 458. The Morgan fingerprint density at radius 1 is 1.58 bits per heavy atom. The molecule has 0 heterocycles. The van der Waals surface area contributed by atoms with Gasteiger partial charge in [0.2, 0.25) is 0 Å². The van der Waals surface area contributed by atoms with E-state index in [0.29, 0.717) is 23.8 Å². The van der Waals surface area contributed by atoms with Crippen LogP contribution in [0.25, 0.3) is 0 Å². The zero-order chi connectivity index (χ0) is 13.8. The van der Waals surface area contributed by atoms with Crippen molar-refractivity contribution in [1.82, 2.24) is 5.32 Å². The van der Waals surface area contributed by atoms with E-state index in [1.165, 1.54) is 38.0 Å². The zero-order valence-electron chi connectivity index (χ0n) is 10.9. The summed E-state index contributed by atoms with van der Waals surface area (Å²) in [7, 11) is 0. The normalized spacial score (nSPS) is 15.9. The molecule has 4 nitrogen and oxygen atoms in total. The molecule has 0 aliphatic heterocycles. The largest absolute Gasteiger partial charge is 0.483 e. The Labute approximate surface area is 111 Å². The predicted octanol–water partition coefficient (Wildman–Crippen LogP) is 1.78. The van der Waals surface area contributed by atoms with Gasteiger partial charge in [0.05, 0.1) is 6.10 Å². The van der Waals surface area contributed by atoms with Gasteiger partial charge >= 0.3 is 0 Å². The van der Waals surface area contributed by atoms with E-state index < -0.39 is 11.9 Å². The Kier molecular flexibility index (Phi) is 4.37. The Morgan fingerprint density at radius 2 is 2.32 bits per heavy atom. The summed E-state index contributed by atoms with van der Waals surface area (Å²) in [4.78, 5) is 11.5. The lowest BCUT2D eigenvalue weighted by atomic mass is 10.1. The lowest BCUT2D eigenvalue weighted by molar-refractivity contribution is -0.123. The van der Waals surface area contributed by atoms with Gasteiger partial charge in [-0.05, 0) is 43.9 Å². The number of nitrogens with one attached hydrogen (secondary N) is 1. The van der Waals surface area contributed by atoms with E-state index in [-0.39, 0.29) is 12.5 Å². The molecule has 5 heteroatoms. The van der Waals surface area contributed by atoms with Crippen LogP contribution in [0, 0.1) is 11.7 Å². The van der Waals surface area contributed by atoms with Crippen LogP contribution in [-0.4, -0.2) is 24.2 Å². The standard InChI is InChI=1S/C14H18FNO3/c1-9(17)12-6-11(15)4-5-13(12)19-8-14(18)16-7-10-2-3-10/h4-6,9-10,17H,2-3,7-8H2,1H3,(H,16,18)/t9-/m1/s1. The number of hydrogen-bond acceptors (Lipinski definition) is 3. The summed E-state index contributed by atoms with van der Waals surface area (Å²) in [6, 6.07) is 3.87. The maximum Gasteiger partial charge on any atom is 0.257 e. The fraction of sp³-hybridized carbons (Fsp3) is 0.500. The first kappa shape index (κ1) is 13.8. The average molecular weight is 267 g/mol. The number of carbonyl (C=O) groups excluding carboxylic acids is 1. The van der Waals surface area contributed by atoms with Crippen molar-refractivity contribution in [3.05, 3.63) is 29.6 Å². The maximum absolute atomic E-state index is 13.1. The molecule has 2 N–H and O–H groups in total. The summed E-state index contributed by atoms with van der Waals surface area (Å²) >= 11 is 0. The molecule has 0 spiro atoms. The van der Waals surface area contributed by atoms with E-state index in [0.717, 1.165) is 0 Å². The molecule has 0 bridgehead atoms. The van der Waals surface area contributed by atoms with Crippen LogP contribution in [0.3, 0.4) is 0 Å². The van der Waals surface area contributed by atoms with Crippen LogP contribution in [0.1, 0.15) is 31.4 Å². The van der Waals surface area contributed by atoms with Crippen molar-refractivity contribution in [2.45, 2.75) is 25.9 Å². The van der Waals surface area contributed by atoms with E-state index in [4.69, 9.17) is 4.74 Å². The van der Waals surface area contributed by atoms with E-state index >= 15 is 0 Å². The molecule has 0 unspecified atom stereocenters. The number of ether oxygens (including phenoxy) is 1. The van der Waals surface area contributed by atoms with Gasteiger partial charge in [0, 0.05) is 12.1 Å². The summed E-state index contributed by atoms with van der Waals surface area (Å²) in [6.07, 6.45) is 1.50. The molecule has 0 radical (unpaired) electrons. The molecule has 1 fully saturated rings. The fourth-order valence-corrected chi connectivity index (χ4v) is 1.75. The molecule has 1 aromatic rings. The molecule has 1 aliphatic rings. The van der Waals surface area contributed by atoms with Gasteiger partial charge < -0.3 is 15.2 Å². The number of benzene rings is 1. The molecular formula is C14H18FNO3. The minimum absolute atomic E-state index is 0.127. The van der Waals surface area contributed by atoms with Crippen LogP contribution >= 0.6 is 0 Å². The van der Waals surface area contributed by atoms with Gasteiger partial charge in [0.1, 0.15) is 11.6 Å². The minimum Gasteiger partial charge on any atom is -0.483 e. The Morgan fingerprint density at radius 3 is 2.95 bits per heavy atom. The summed E-state index contributed by atoms with van der Waals surface area (Å²) in [5.74, 6) is 0.301. The summed E-state index contributed by atoms with van der Waals surface area (Å²) in [5, 5.41) is 12.3. The molecule has 1 aliphatic carbocycles. The first-order chi connectivity index (χ1) is 9.06. The third kappa shape index (κ3) is 4.21. The second-order valence-corrected chi connectivity index (χ2v) is 4.89. The molecule has 1 amide bonds. The highest BCUT2D eigenvalue weighted by Crippen LogP contribution is 2.28. The fourth-order valence-electron chi connectivity index (χ4n) is 1.75. The van der Waals surface area contributed by atoms with Crippen molar-refractivity contribution in [3.63, 3.8) is 0 Å². The van der Waals surface area contributed by atoms with Gasteiger partial charge in [0.15, 0.2) is 6.61 Å². The van der Waals surface area contributed by atoms with Crippen molar-refractivity contribution < 1.29 is 19.0 Å². The van der Waals surface area contributed by atoms with Crippen molar-refractivity contribution in [1.29, 1.82) is 0 Å². The highest BCUT2D eigenvalue weighted by Gasteiger charge is 2.21. The highest BCUT2D eigenvalue weighted by atomic mass is 19.1. The Balaban J connectivity index is 1.88.